The third-order valence-electron chi connectivity index (χ3n) is 5.65. The first kappa shape index (κ1) is 21.3. The van der Waals surface area contributed by atoms with Crippen LogP contribution in [0.25, 0.3) is 10.9 Å². The Hall–Kier alpha value is -3.94. The van der Waals surface area contributed by atoms with Crippen LogP contribution in [-0.2, 0) is 25.6 Å². The highest BCUT2D eigenvalue weighted by atomic mass is 16.2. The van der Waals surface area contributed by atoms with Crippen LogP contribution < -0.4 is 10.2 Å². The fourth-order valence-electron chi connectivity index (χ4n) is 4.14. The summed E-state index contributed by atoms with van der Waals surface area (Å²) >= 11 is 0. The Morgan fingerprint density at radius 3 is 2.50 bits per heavy atom. The van der Waals surface area contributed by atoms with Crippen molar-refractivity contribution in [3.8, 4) is 0 Å². The van der Waals surface area contributed by atoms with Crippen LogP contribution in [0.2, 0.25) is 0 Å². The summed E-state index contributed by atoms with van der Waals surface area (Å²) in [6, 6.07) is 13.5. The number of aromatic amines is 1. The second kappa shape index (κ2) is 8.66. The predicted octanol–water partition coefficient (Wildman–Crippen LogP) is 2.85. The van der Waals surface area contributed by atoms with Gasteiger partial charge in [-0.1, -0.05) is 18.2 Å². The van der Waals surface area contributed by atoms with Crippen molar-refractivity contribution in [1.29, 1.82) is 0 Å². The van der Waals surface area contributed by atoms with Gasteiger partial charge in [-0.2, -0.15) is 0 Å². The molecule has 0 saturated carbocycles. The molecule has 1 aliphatic rings. The molecule has 3 aromatic rings. The molecular weight excluding hydrogens is 408 g/mol. The van der Waals surface area contributed by atoms with Crippen molar-refractivity contribution in [2.24, 2.45) is 0 Å². The molecule has 4 rings (SSSR count). The maximum absolute atomic E-state index is 13.1. The molecule has 2 heterocycles. The molecule has 1 aliphatic heterocycles. The summed E-state index contributed by atoms with van der Waals surface area (Å²) in [5.74, 6) is -1.24. The van der Waals surface area contributed by atoms with Crippen molar-refractivity contribution in [2.75, 3.05) is 16.8 Å². The molecule has 1 atom stereocenters. The fraction of sp³-hybridized carbons (Fsp3) is 0.250. The third kappa shape index (κ3) is 4.12. The molecule has 1 fully saturated rings. The van der Waals surface area contributed by atoms with Crippen LogP contribution in [0.15, 0.2) is 54.7 Å². The third-order valence-corrected chi connectivity index (χ3v) is 5.65. The topological polar surface area (TPSA) is 103 Å². The zero-order chi connectivity index (χ0) is 22.8. The summed E-state index contributed by atoms with van der Waals surface area (Å²) in [5, 5.41) is 3.72. The number of imide groups is 1. The molecule has 0 spiro atoms. The molecule has 2 N–H and O–H groups in total. The van der Waals surface area contributed by atoms with E-state index in [-0.39, 0.29) is 24.1 Å². The van der Waals surface area contributed by atoms with Gasteiger partial charge in [0.25, 0.3) is 5.91 Å². The lowest BCUT2D eigenvalue weighted by molar-refractivity contribution is -0.136. The van der Waals surface area contributed by atoms with Gasteiger partial charge < -0.3 is 15.2 Å². The number of para-hydroxylation sites is 1. The molecule has 4 amide bonds. The van der Waals surface area contributed by atoms with Gasteiger partial charge in [0.15, 0.2) is 0 Å². The van der Waals surface area contributed by atoms with Gasteiger partial charge >= 0.3 is 0 Å². The van der Waals surface area contributed by atoms with E-state index in [9.17, 15) is 19.2 Å². The number of nitrogens with one attached hydrogen (secondary N) is 2. The number of amides is 4. The Bertz CT molecular complexity index is 1200. The van der Waals surface area contributed by atoms with Gasteiger partial charge in [0.1, 0.15) is 6.04 Å². The van der Waals surface area contributed by atoms with E-state index >= 15 is 0 Å². The van der Waals surface area contributed by atoms with Crippen LogP contribution in [0.1, 0.15) is 25.8 Å². The summed E-state index contributed by atoms with van der Waals surface area (Å²) in [6.07, 6.45) is 2.42. The molecule has 8 nitrogen and oxygen atoms in total. The largest absolute Gasteiger partial charge is 0.361 e. The lowest BCUT2D eigenvalue weighted by atomic mass is 10.1. The average molecular weight is 432 g/mol. The second-order valence-corrected chi connectivity index (χ2v) is 7.84. The minimum Gasteiger partial charge on any atom is -0.361 e. The Labute approximate surface area is 185 Å². The van der Waals surface area contributed by atoms with Crippen LogP contribution in [0.4, 0.5) is 11.4 Å². The van der Waals surface area contributed by atoms with Gasteiger partial charge in [-0.3, -0.25) is 19.2 Å². The van der Waals surface area contributed by atoms with Gasteiger partial charge in [0.2, 0.25) is 17.7 Å². The summed E-state index contributed by atoms with van der Waals surface area (Å²) < 4.78 is 0. The molecular formula is C24H24N4O4. The van der Waals surface area contributed by atoms with Crippen LogP contribution in [0.3, 0.4) is 0 Å². The standard InChI is InChI=1S/C24H24N4O4/c1-15(29)26-18-7-9-19(10-8-18)28-23(31)13-22(24(28)32)27(16(2)30)12-11-17-14-25-21-6-4-3-5-20(17)21/h3-10,14,22,25H,11-13H2,1-2H3,(H,26,29). The number of hydrogen-bond donors (Lipinski definition) is 2. The molecule has 0 bridgehead atoms. The summed E-state index contributed by atoms with van der Waals surface area (Å²) in [5.41, 5.74) is 3.05. The number of benzene rings is 2. The van der Waals surface area contributed by atoms with Crippen molar-refractivity contribution in [3.05, 3.63) is 60.3 Å². The van der Waals surface area contributed by atoms with E-state index in [2.05, 4.69) is 10.3 Å². The van der Waals surface area contributed by atoms with E-state index in [1.54, 1.807) is 24.3 Å². The van der Waals surface area contributed by atoms with Crippen LogP contribution in [0, 0.1) is 0 Å². The van der Waals surface area contributed by atoms with Gasteiger partial charge in [0, 0.05) is 43.2 Å². The maximum atomic E-state index is 13.1. The number of nitrogens with zero attached hydrogens (tertiary/aromatic N) is 2. The quantitative estimate of drug-likeness (QED) is 0.585. The number of anilines is 2. The van der Waals surface area contributed by atoms with Crippen LogP contribution >= 0.6 is 0 Å². The smallest absolute Gasteiger partial charge is 0.257 e. The number of carbonyl (C=O) groups excluding carboxylic acids is 4. The molecule has 8 heteroatoms. The van der Waals surface area contributed by atoms with E-state index in [1.165, 1.54) is 18.7 Å². The Balaban J connectivity index is 1.51. The highest BCUT2D eigenvalue weighted by Gasteiger charge is 2.43. The minimum absolute atomic E-state index is 0.0558. The zero-order valence-corrected chi connectivity index (χ0v) is 17.9. The maximum Gasteiger partial charge on any atom is 0.257 e. The zero-order valence-electron chi connectivity index (χ0n) is 17.9. The Morgan fingerprint density at radius 1 is 1.09 bits per heavy atom. The number of fused-ring (bicyclic) bond motifs is 1. The highest BCUT2D eigenvalue weighted by molar-refractivity contribution is 6.23. The molecule has 1 unspecified atom stereocenters. The molecule has 0 aliphatic carbocycles. The summed E-state index contributed by atoms with van der Waals surface area (Å²) in [7, 11) is 0. The lowest BCUT2D eigenvalue weighted by Crippen LogP contribution is -2.45. The van der Waals surface area contributed by atoms with Crippen molar-refractivity contribution in [2.45, 2.75) is 32.7 Å². The van der Waals surface area contributed by atoms with Gasteiger partial charge in [-0.05, 0) is 42.3 Å². The van der Waals surface area contributed by atoms with Crippen molar-refractivity contribution >= 4 is 45.9 Å². The SMILES string of the molecule is CC(=O)Nc1ccc(N2C(=O)CC(N(CCc3c[nH]c4ccccc34)C(C)=O)C2=O)cc1. The van der Waals surface area contributed by atoms with Gasteiger partial charge in [-0.25, -0.2) is 4.90 Å². The van der Waals surface area contributed by atoms with E-state index in [0.717, 1.165) is 21.4 Å². The van der Waals surface area contributed by atoms with E-state index in [1.807, 2.05) is 30.5 Å². The second-order valence-electron chi connectivity index (χ2n) is 7.84. The highest BCUT2D eigenvalue weighted by Crippen LogP contribution is 2.27. The van der Waals surface area contributed by atoms with Gasteiger partial charge in [-0.15, -0.1) is 0 Å². The first-order chi connectivity index (χ1) is 15.3. The number of H-pyrrole nitrogens is 1. The molecule has 0 radical (unpaired) electrons. The lowest BCUT2D eigenvalue weighted by Gasteiger charge is -2.26. The minimum atomic E-state index is -0.833. The fourth-order valence-corrected chi connectivity index (χ4v) is 4.14. The number of aromatic nitrogens is 1. The number of carbonyl (C=O) groups is 4. The van der Waals surface area contributed by atoms with E-state index < -0.39 is 11.9 Å². The monoisotopic (exact) mass is 432 g/mol. The molecule has 2 aromatic carbocycles. The normalized spacial score (nSPS) is 15.9. The van der Waals surface area contributed by atoms with E-state index in [0.29, 0.717) is 24.3 Å². The predicted molar refractivity (Wildman–Crippen MR) is 121 cm³/mol. The first-order valence-electron chi connectivity index (χ1n) is 10.4. The number of rotatable bonds is 6. The molecule has 164 valence electrons. The van der Waals surface area contributed by atoms with Gasteiger partial charge in [0.05, 0.1) is 12.1 Å². The Morgan fingerprint density at radius 2 is 1.81 bits per heavy atom. The van der Waals surface area contributed by atoms with Crippen molar-refractivity contribution < 1.29 is 19.2 Å². The Kier molecular flexibility index (Phi) is 5.77. The van der Waals surface area contributed by atoms with Crippen molar-refractivity contribution in [1.82, 2.24) is 9.88 Å². The van der Waals surface area contributed by atoms with Crippen LogP contribution in [0.5, 0.6) is 0 Å². The van der Waals surface area contributed by atoms with Crippen LogP contribution in [-0.4, -0.2) is 46.1 Å². The summed E-state index contributed by atoms with van der Waals surface area (Å²) in [6.45, 7) is 3.15. The molecule has 32 heavy (non-hydrogen) atoms. The van der Waals surface area contributed by atoms with Crippen molar-refractivity contribution in [3.63, 3.8) is 0 Å². The average Bonchev–Trinajstić information content (AvgIpc) is 3.29. The summed E-state index contributed by atoms with van der Waals surface area (Å²) in [4.78, 5) is 55.2. The first-order valence-corrected chi connectivity index (χ1v) is 10.4. The molecule has 1 saturated heterocycles. The van der Waals surface area contributed by atoms with E-state index in [4.69, 9.17) is 0 Å². The molecule has 1 aromatic heterocycles. The number of hydrogen-bond acceptors (Lipinski definition) is 4.